The standard InChI is InChI=1S/C13H18N2OS/c1-4-12(16)15(3)8-10-6-5-7-11-13(10)14-9(2)17-11/h4,10H,1,5-8H2,2-3H3. The lowest BCUT2D eigenvalue weighted by atomic mass is 9.90. The summed E-state index contributed by atoms with van der Waals surface area (Å²) in [4.78, 5) is 19.3. The van der Waals surface area contributed by atoms with E-state index in [0.29, 0.717) is 5.92 Å². The Balaban J connectivity index is 2.13. The highest BCUT2D eigenvalue weighted by Crippen LogP contribution is 2.34. The van der Waals surface area contributed by atoms with Crippen LogP contribution in [0.15, 0.2) is 12.7 Å². The minimum absolute atomic E-state index is 0.0101. The van der Waals surface area contributed by atoms with E-state index in [4.69, 9.17) is 0 Å². The molecule has 1 atom stereocenters. The molecule has 1 aromatic rings. The second-order valence-electron chi connectivity index (χ2n) is 4.55. The summed E-state index contributed by atoms with van der Waals surface area (Å²) in [6.07, 6.45) is 4.85. The van der Waals surface area contributed by atoms with E-state index in [1.165, 1.54) is 23.1 Å². The van der Waals surface area contributed by atoms with Crippen molar-refractivity contribution in [3.05, 3.63) is 28.2 Å². The molecule has 0 fully saturated rings. The van der Waals surface area contributed by atoms with Gasteiger partial charge in [0.25, 0.3) is 0 Å². The number of carbonyl (C=O) groups is 1. The number of rotatable bonds is 3. The Kier molecular flexibility index (Phi) is 3.62. The zero-order chi connectivity index (χ0) is 12.4. The maximum atomic E-state index is 11.5. The Morgan fingerprint density at radius 3 is 3.18 bits per heavy atom. The van der Waals surface area contributed by atoms with Crippen molar-refractivity contribution < 1.29 is 4.79 Å². The van der Waals surface area contributed by atoms with Crippen molar-refractivity contribution in [3.8, 4) is 0 Å². The van der Waals surface area contributed by atoms with Crippen LogP contribution in [0.4, 0.5) is 0 Å². The lowest BCUT2D eigenvalue weighted by Crippen LogP contribution is -2.30. The van der Waals surface area contributed by atoms with Crippen molar-refractivity contribution in [1.29, 1.82) is 0 Å². The molecule has 3 nitrogen and oxygen atoms in total. The van der Waals surface area contributed by atoms with Gasteiger partial charge in [-0.1, -0.05) is 6.58 Å². The minimum Gasteiger partial charge on any atom is -0.342 e. The third-order valence-electron chi connectivity index (χ3n) is 3.22. The number of thiazole rings is 1. The van der Waals surface area contributed by atoms with E-state index in [-0.39, 0.29) is 5.91 Å². The van der Waals surface area contributed by atoms with Crippen LogP contribution in [0.3, 0.4) is 0 Å². The van der Waals surface area contributed by atoms with Gasteiger partial charge in [0.15, 0.2) is 0 Å². The van der Waals surface area contributed by atoms with Gasteiger partial charge in [-0.15, -0.1) is 11.3 Å². The fourth-order valence-corrected chi connectivity index (χ4v) is 3.45. The molecule has 0 saturated heterocycles. The molecule has 0 radical (unpaired) electrons. The topological polar surface area (TPSA) is 33.2 Å². The molecule has 0 N–H and O–H groups in total. The lowest BCUT2D eigenvalue weighted by molar-refractivity contribution is -0.125. The molecule has 0 aromatic carbocycles. The van der Waals surface area contributed by atoms with Crippen molar-refractivity contribution in [2.45, 2.75) is 32.1 Å². The fourth-order valence-electron chi connectivity index (χ4n) is 2.38. The van der Waals surface area contributed by atoms with Crippen LogP contribution in [0, 0.1) is 6.92 Å². The molecule has 1 unspecified atom stereocenters. The van der Waals surface area contributed by atoms with Crippen molar-refractivity contribution in [2.24, 2.45) is 0 Å². The molecule has 4 heteroatoms. The Labute approximate surface area is 106 Å². The largest absolute Gasteiger partial charge is 0.342 e. The first-order valence-corrected chi connectivity index (χ1v) is 6.77. The van der Waals surface area contributed by atoms with Crippen molar-refractivity contribution in [1.82, 2.24) is 9.88 Å². The van der Waals surface area contributed by atoms with Crippen LogP contribution in [-0.2, 0) is 11.2 Å². The maximum absolute atomic E-state index is 11.5. The molecular formula is C13H18N2OS. The summed E-state index contributed by atoms with van der Waals surface area (Å²) >= 11 is 1.80. The fraction of sp³-hybridized carbons (Fsp3) is 0.538. The molecule has 0 aliphatic heterocycles. The van der Waals surface area contributed by atoms with Gasteiger partial charge in [0.2, 0.25) is 5.91 Å². The van der Waals surface area contributed by atoms with Gasteiger partial charge < -0.3 is 4.90 Å². The van der Waals surface area contributed by atoms with E-state index in [1.54, 1.807) is 16.2 Å². The van der Waals surface area contributed by atoms with E-state index in [2.05, 4.69) is 18.5 Å². The van der Waals surface area contributed by atoms with Crippen LogP contribution >= 0.6 is 11.3 Å². The first-order valence-electron chi connectivity index (χ1n) is 5.95. The lowest BCUT2D eigenvalue weighted by Gasteiger charge is -2.25. The van der Waals surface area contributed by atoms with Crippen molar-refractivity contribution >= 4 is 17.2 Å². The Morgan fingerprint density at radius 2 is 2.47 bits per heavy atom. The van der Waals surface area contributed by atoms with Gasteiger partial charge in [-0.05, 0) is 32.3 Å². The molecule has 0 saturated carbocycles. The van der Waals surface area contributed by atoms with Crippen LogP contribution in [0.2, 0.25) is 0 Å². The molecule has 0 bridgehead atoms. The van der Waals surface area contributed by atoms with Gasteiger partial charge in [0, 0.05) is 24.4 Å². The number of likely N-dealkylation sites (N-methyl/N-ethyl adjacent to an activating group) is 1. The first-order chi connectivity index (χ1) is 8.11. The van der Waals surface area contributed by atoms with E-state index in [9.17, 15) is 4.79 Å². The monoisotopic (exact) mass is 250 g/mol. The molecule has 1 aromatic heterocycles. The Morgan fingerprint density at radius 1 is 1.71 bits per heavy atom. The maximum Gasteiger partial charge on any atom is 0.245 e. The van der Waals surface area contributed by atoms with Crippen LogP contribution in [0.25, 0.3) is 0 Å². The predicted octanol–water partition coefficient (Wildman–Crippen LogP) is 2.52. The zero-order valence-electron chi connectivity index (χ0n) is 10.4. The highest BCUT2D eigenvalue weighted by Gasteiger charge is 2.25. The van der Waals surface area contributed by atoms with Gasteiger partial charge in [0.05, 0.1) is 10.7 Å². The van der Waals surface area contributed by atoms with Gasteiger partial charge in [0.1, 0.15) is 0 Å². The number of amides is 1. The molecule has 1 aliphatic rings. The second-order valence-corrected chi connectivity index (χ2v) is 5.84. The Bertz CT molecular complexity index is 439. The van der Waals surface area contributed by atoms with Gasteiger partial charge in [-0.3, -0.25) is 4.79 Å². The van der Waals surface area contributed by atoms with Gasteiger partial charge in [-0.2, -0.15) is 0 Å². The van der Waals surface area contributed by atoms with Crippen LogP contribution in [0.1, 0.15) is 34.3 Å². The molecule has 1 aliphatic carbocycles. The predicted molar refractivity (Wildman–Crippen MR) is 70.4 cm³/mol. The summed E-state index contributed by atoms with van der Waals surface area (Å²) in [6, 6.07) is 0. The molecule has 17 heavy (non-hydrogen) atoms. The molecule has 2 rings (SSSR count). The summed E-state index contributed by atoms with van der Waals surface area (Å²) < 4.78 is 0. The van der Waals surface area contributed by atoms with Gasteiger partial charge >= 0.3 is 0 Å². The third-order valence-corrected chi connectivity index (χ3v) is 4.27. The summed E-state index contributed by atoms with van der Waals surface area (Å²) in [5.41, 5.74) is 1.22. The highest BCUT2D eigenvalue weighted by molar-refractivity contribution is 7.11. The summed E-state index contributed by atoms with van der Waals surface area (Å²) in [6.45, 7) is 6.32. The number of aryl methyl sites for hydroxylation is 2. The number of nitrogens with zero attached hydrogens (tertiary/aromatic N) is 2. The molecule has 92 valence electrons. The average Bonchev–Trinajstić information content (AvgIpc) is 2.69. The zero-order valence-corrected chi connectivity index (χ0v) is 11.2. The van der Waals surface area contributed by atoms with Crippen LogP contribution < -0.4 is 0 Å². The molecule has 0 spiro atoms. The van der Waals surface area contributed by atoms with E-state index < -0.39 is 0 Å². The van der Waals surface area contributed by atoms with E-state index in [1.807, 2.05) is 7.05 Å². The number of hydrogen-bond donors (Lipinski definition) is 0. The average molecular weight is 250 g/mol. The number of carbonyl (C=O) groups excluding carboxylic acids is 1. The normalized spacial score (nSPS) is 18.6. The minimum atomic E-state index is -0.0101. The SMILES string of the molecule is C=CC(=O)N(C)CC1CCCc2sc(C)nc21. The van der Waals surface area contributed by atoms with Gasteiger partial charge in [-0.25, -0.2) is 4.98 Å². The smallest absolute Gasteiger partial charge is 0.245 e. The number of aromatic nitrogens is 1. The van der Waals surface area contributed by atoms with Crippen molar-refractivity contribution in [2.75, 3.05) is 13.6 Å². The van der Waals surface area contributed by atoms with Crippen molar-refractivity contribution in [3.63, 3.8) is 0 Å². The summed E-state index contributed by atoms with van der Waals surface area (Å²) in [5.74, 6) is 0.390. The van der Waals surface area contributed by atoms with Crippen LogP contribution in [-0.4, -0.2) is 29.4 Å². The van der Waals surface area contributed by atoms with E-state index in [0.717, 1.165) is 24.4 Å². The third kappa shape index (κ3) is 2.57. The summed E-state index contributed by atoms with van der Waals surface area (Å²) in [7, 11) is 1.83. The molecule has 1 amide bonds. The number of hydrogen-bond acceptors (Lipinski definition) is 3. The Hall–Kier alpha value is -1.16. The summed E-state index contributed by atoms with van der Waals surface area (Å²) in [5, 5.41) is 1.14. The van der Waals surface area contributed by atoms with E-state index >= 15 is 0 Å². The molecule has 1 heterocycles. The highest BCUT2D eigenvalue weighted by atomic mass is 32.1. The molecular weight excluding hydrogens is 232 g/mol. The number of fused-ring (bicyclic) bond motifs is 1. The second kappa shape index (κ2) is 5.00. The first kappa shape index (κ1) is 12.3. The quantitative estimate of drug-likeness (QED) is 0.772. The van der Waals surface area contributed by atoms with Crippen LogP contribution in [0.5, 0.6) is 0 Å².